The molecule has 0 saturated carbocycles. The number of hydrogen-bond acceptors (Lipinski definition) is 4. The Hall–Kier alpha value is -1.99. The molecule has 0 spiro atoms. The summed E-state index contributed by atoms with van der Waals surface area (Å²) in [7, 11) is 1.62. The number of aromatic nitrogens is 2. The number of piperidine rings is 1. The van der Waals surface area contributed by atoms with Crippen LogP contribution in [0.15, 0.2) is 36.7 Å². The lowest BCUT2D eigenvalue weighted by atomic mass is 9.99. The average molecular weight is 350 g/mol. The summed E-state index contributed by atoms with van der Waals surface area (Å²) in [4.78, 5) is 0. The maximum Gasteiger partial charge on any atom is 0.265 e. The normalized spacial score (nSPS) is 21.0. The summed E-state index contributed by atoms with van der Waals surface area (Å²) in [6.45, 7) is 3.10. The Balaban J connectivity index is 1.77. The smallest absolute Gasteiger partial charge is 0.265 e. The van der Waals surface area contributed by atoms with Crippen molar-refractivity contribution in [3.8, 4) is 5.75 Å². The third kappa shape index (κ3) is 4.16. The molecular formula is C18H24F2N4O. The highest BCUT2D eigenvalue weighted by Gasteiger charge is 2.41. The monoisotopic (exact) mass is 350 g/mol. The zero-order valence-corrected chi connectivity index (χ0v) is 14.5. The molecule has 2 atom stereocenters. The topological polar surface area (TPSA) is 51.1 Å². The zero-order chi connectivity index (χ0) is 17.9. The van der Waals surface area contributed by atoms with Crippen molar-refractivity contribution in [1.82, 2.24) is 20.4 Å². The number of alkyl halides is 2. The van der Waals surface area contributed by atoms with E-state index in [9.17, 15) is 8.78 Å². The van der Waals surface area contributed by atoms with Gasteiger partial charge in [0.2, 0.25) is 0 Å². The summed E-state index contributed by atoms with van der Waals surface area (Å²) in [6, 6.07) is 6.58. The number of ether oxygens (including phenoxy) is 1. The minimum absolute atomic E-state index is 0.134. The summed E-state index contributed by atoms with van der Waals surface area (Å²) >= 11 is 0. The zero-order valence-electron chi connectivity index (χ0n) is 14.5. The third-order valence-electron chi connectivity index (χ3n) is 4.64. The molecule has 3 rings (SSSR count). The first-order valence-electron chi connectivity index (χ1n) is 8.48. The van der Waals surface area contributed by atoms with E-state index in [-0.39, 0.29) is 19.0 Å². The Kier molecular flexibility index (Phi) is 5.34. The van der Waals surface area contributed by atoms with Crippen LogP contribution in [0.25, 0.3) is 0 Å². The molecule has 136 valence electrons. The number of nitrogens with one attached hydrogen (secondary N) is 2. The van der Waals surface area contributed by atoms with Gasteiger partial charge in [0.1, 0.15) is 5.75 Å². The van der Waals surface area contributed by atoms with Gasteiger partial charge in [-0.2, -0.15) is 5.10 Å². The number of benzene rings is 1. The third-order valence-corrected chi connectivity index (χ3v) is 4.64. The highest BCUT2D eigenvalue weighted by atomic mass is 19.3. The Bertz CT molecular complexity index is 690. The van der Waals surface area contributed by atoms with E-state index < -0.39 is 12.0 Å². The maximum absolute atomic E-state index is 14.1. The van der Waals surface area contributed by atoms with E-state index in [1.165, 1.54) is 0 Å². The fourth-order valence-electron chi connectivity index (χ4n) is 3.16. The number of rotatable bonds is 6. The van der Waals surface area contributed by atoms with Crippen molar-refractivity contribution < 1.29 is 13.5 Å². The van der Waals surface area contributed by atoms with Crippen molar-refractivity contribution in [1.29, 1.82) is 0 Å². The molecule has 0 amide bonds. The first-order chi connectivity index (χ1) is 12.0. The molecule has 25 heavy (non-hydrogen) atoms. The van der Waals surface area contributed by atoms with E-state index in [0.29, 0.717) is 13.1 Å². The van der Waals surface area contributed by atoms with Crippen LogP contribution in [-0.4, -0.2) is 41.9 Å². The first-order valence-corrected chi connectivity index (χ1v) is 8.48. The van der Waals surface area contributed by atoms with E-state index in [1.807, 2.05) is 37.4 Å². The van der Waals surface area contributed by atoms with E-state index in [0.717, 1.165) is 16.9 Å². The lowest BCUT2D eigenvalue weighted by Gasteiger charge is -2.34. The molecule has 2 N–H and O–H groups in total. The molecule has 2 aromatic rings. The second kappa shape index (κ2) is 7.49. The van der Waals surface area contributed by atoms with Gasteiger partial charge in [-0.25, -0.2) is 8.78 Å². The lowest BCUT2D eigenvalue weighted by molar-refractivity contribution is -0.0595. The van der Waals surface area contributed by atoms with Gasteiger partial charge < -0.3 is 15.4 Å². The first kappa shape index (κ1) is 17.8. The molecule has 2 heterocycles. The van der Waals surface area contributed by atoms with Crippen LogP contribution in [0, 0.1) is 0 Å². The van der Waals surface area contributed by atoms with Crippen molar-refractivity contribution in [3.05, 3.63) is 47.8 Å². The molecule has 1 fully saturated rings. The standard InChI is InChI=1S/C18H24F2N4O/c1-13(23-17-11-21-8-6-18(17,19)20)14-4-5-16(25-2)15(10-14)12-24-9-3-7-22-24/h3-5,7,9-10,13,17,21,23H,6,8,11-12H2,1-2H3. The van der Waals surface area contributed by atoms with Crippen LogP contribution in [0.1, 0.15) is 30.5 Å². The summed E-state index contributed by atoms with van der Waals surface area (Å²) in [5.74, 6) is -1.93. The number of nitrogens with zero attached hydrogens (tertiary/aromatic N) is 2. The number of hydrogen-bond donors (Lipinski definition) is 2. The number of methoxy groups -OCH3 is 1. The van der Waals surface area contributed by atoms with Crippen molar-refractivity contribution in [2.75, 3.05) is 20.2 Å². The van der Waals surface area contributed by atoms with Crippen molar-refractivity contribution in [2.24, 2.45) is 0 Å². The van der Waals surface area contributed by atoms with Crippen LogP contribution in [0.3, 0.4) is 0 Å². The molecule has 7 heteroatoms. The lowest BCUT2D eigenvalue weighted by Crippen LogP contribution is -2.56. The molecule has 1 aromatic carbocycles. The van der Waals surface area contributed by atoms with Crippen molar-refractivity contribution in [2.45, 2.75) is 37.9 Å². The van der Waals surface area contributed by atoms with Crippen molar-refractivity contribution >= 4 is 0 Å². The molecule has 1 aliphatic rings. The van der Waals surface area contributed by atoms with E-state index >= 15 is 0 Å². The molecule has 0 radical (unpaired) electrons. The van der Waals surface area contributed by atoms with Gasteiger partial charge in [0.05, 0.1) is 19.7 Å². The highest BCUT2D eigenvalue weighted by molar-refractivity contribution is 5.38. The average Bonchev–Trinajstić information content (AvgIpc) is 3.09. The van der Waals surface area contributed by atoms with Gasteiger partial charge in [0, 0.05) is 43.5 Å². The predicted molar refractivity (Wildman–Crippen MR) is 92.1 cm³/mol. The Labute approximate surface area is 146 Å². The SMILES string of the molecule is COc1ccc(C(C)NC2CNCCC2(F)F)cc1Cn1cccn1. The van der Waals surface area contributed by atoms with E-state index in [1.54, 1.807) is 18.0 Å². The largest absolute Gasteiger partial charge is 0.496 e. The molecule has 2 unspecified atom stereocenters. The summed E-state index contributed by atoms with van der Waals surface area (Å²) in [6.07, 6.45) is 3.46. The molecule has 0 aliphatic carbocycles. The molecule has 1 saturated heterocycles. The second-order valence-electron chi connectivity index (χ2n) is 6.43. The van der Waals surface area contributed by atoms with Gasteiger partial charge in [-0.15, -0.1) is 0 Å². The minimum Gasteiger partial charge on any atom is -0.496 e. The molecular weight excluding hydrogens is 326 g/mol. The van der Waals surface area contributed by atoms with Crippen LogP contribution in [0.2, 0.25) is 0 Å². The molecule has 1 aromatic heterocycles. The van der Waals surface area contributed by atoms with Crippen LogP contribution in [0.5, 0.6) is 5.75 Å². The van der Waals surface area contributed by atoms with Gasteiger partial charge in [0.15, 0.2) is 0 Å². The van der Waals surface area contributed by atoms with E-state index in [4.69, 9.17) is 4.74 Å². The minimum atomic E-state index is -2.69. The van der Waals surface area contributed by atoms with Gasteiger partial charge in [-0.1, -0.05) is 6.07 Å². The Morgan fingerprint density at radius 3 is 3.00 bits per heavy atom. The van der Waals surface area contributed by atoms with Crippen LogP contribution < -0.4 is 15.4 Å². The van der Waals surface area contributed by atoms with Gasteiger partial charge in [-0.3, -0.25) is 4.68 Å². The Morgan fingerprint density at radius 1 is 1.48 bits per heavy atom. The van der Waals surface area contributed by atoms with Crippen LogP contribution in [0.4, 0.5) is 8.78 Å². The van der Waals surface area contributed by atoms with Gasteiger partial charge >= 0.3 is 0 Å². The summed E-state index contributed by atoms with van der Waals surface area (Å²) < 4.78 is 35.3. The molecule has 0 bridgehead atoms. The van der Waals surface area contributed by atoms with Crippen molar-refractivity contribution in [3.63, 3.8) is 0 Å². The van der Waals surface area contributed by atoms with E-state index in [2.05, 4.69) is 15.7 Å². The Morgan fingerprint density at radius 2 is 2.32 bits per heavy atom. The van der Waals surface area contributed by atoms with Gasteiger partial charge in [0.25, 0.3) is 5.92 Å². The summed E-state index contributed by atoms with van der Waals surface area (Å²) in [5, 5.41) is 10.3. The fourth-order valence-corrected chi connectivity index (χ4v) is 3.16. The second-order valence-corrected chi connectivity index (χ2v) is 6.43. The summed E-state index contributed by atoms with van der Waals surface area (Å²) in [5.41, 5.74) is 1.91. The van der Waals surface area contributed by atoms with Crippen LogP contribution >= 0.6 is 0 Å². The predicted octanol–water partition coefficient (Wildman–Crippen LogP) is 2.59. The van der Waals surface area contributed by atoms with Gasteiger partial charge in [-0.05, 0) is 30.7 Å². The maximum atomic E-state index is 14.1. The number of halogens is 2. The quantitative estimate of drug-likeness (QED) is 0.841. The fraction of sp³-hybridized carbons (Fsp3) is 0.500. The molecule has 1 aliphatic heterocycles. The molecule has 5 nitrogen and oxygen atoms in total. The van der Waals surface area contributed by atoms with Crippen LogP contribution in [-0.2, 0) is 6.54 Å². The highest BCUT2D eigenvalue weighted by Crippen LogP contribution is 2.29.